The third kappa shape index (κ3) is 7.09. The van der Waals surface area contributed by atoms with E-state index in [1.807, 2.05) is 0 Å². The Balaban J connectivity index is 1.46. The normalized spacial score (nSPS) is 15.3. The SMILES string of the molecule is O=CCc1ccccc1CCc1nc(Nc2cnn(C3CCN(CC(F)F)CC3)c2)ncc1C(F)(F)F. The third-order valence-electron chi connectivity index (χ3n) is 6.41. The second-order valence-electron chi connectivity index (χ2n) is 8.95. The largest absolute Gasteiger partial charge is 0.419 e. The average Bonchev–Trinajstić information content (AvgIpc) is 3.31. The van der Waals surface area contributed by atoms with Crippen molar-refractivity contribution in [3.63, 3.8) is 0 Å². The van der Waals surface area contributed by atoms with Crippen molar-refractivity contribution >= 4 is 17.9 Å². The lowest BCUT2D eigenvalue weighted by Gasteiger charge is -2.31. The minimum Gasteiger partial charge on any atom is -0.321 e. The van der Waals surface area contributed by atoms with E-state index in [1.165, 1.54) is 6.20 Å². The van der Waals surface area contributed by atoms with Crippen LogP contribution in [0.1, 0.15) is 41.3 Å². The van der Waals surface area contributed by atoms with Gasteiger partial charge in [0.05, 0.1) is 35.7 Å². The van der Waals surface area contributed by atoms with E-state index in [4.69, 9.17) is 0 Å². The predicted octanol–water partition coefficient (Wildman–Crippen LogP) is 4.86. The van der Waals surface area contributed by atoms with E-state index >= 15 is 0 Å². The van der Waals surface area contributed by atoms with Crippen LogP contribution in [0, 0.1) is 0 Å². The van der Waals surface area contributed by atoms with E-state index in [0.29, 0.717) is 31.6 Å². The number of benzene rings is 1. The molecule has 3 heterocycles. The summed E-state index contributed by atoms with van der Waals surface area (Å²) >= 11 is 0. The number of likely N-dealkylation sites (tertiary alicyclic amines) is 1. The maximum Gasteiger partial charge on any atom is 0.419 e. The number of alkyl halides is 5. The van der Waals surface area contributed by atoms with Gasteiger partial charge < -0.3 is 10.1 Å². The van der Waals surface area contributed by atoms with E-state index < -0.39 is 18.2 Å². The van der Waals surface area contributed by atoms with Gasteiger partial charge in [-0.1, -0.05) is 24.3 Å². The summed E-state index contributed by atoms with van der Waals surface area (Å²) in [4.78, 5) is 20.7. The summed E-state index contributed by atoms with van der Waals surface area (Å²) in [5.41, 5.74) is 1.02. The summed E-state index contributed by atoms with van der Waals surface area (Å²) in [5.74, 6) is 0.00970. The molecule has 0 amide bonds. The van der Waals surface area contributed by atoms with Crippen LogP contribution in [-0.2, 0) is 30.2 Å². The molecule has 1 fully saturated rings. The molecule has 0 saturated carbocycles. The first-order valence-electron chi connectivity index (χ1n) is 12.0. The van der Waals surface area contributed by atoms with Gasteiger partial charge in [0.25, 0.3) is 6.43 Å². The fraction of sp³-hybridized carbons (Fsp3) is 0.440. The van der Waals surface area contributed by atoms with Gasteiger partial charge in [0.1, 0.15) is 6.29 Å². The Morgan fingerprint density at radius 2 is 1.81 bits per heavy atom. The van der Waals surface area contributed by atoms with E-state index in [1.54, 1.807) is 40.0 Å². The van der Waals surface area contributed by atoms with E-state index in [9.17, 15) is 26.7 Å². The summed E-state index contributed by atoms with van der Waals surface area (Å²) in [6.45, 7) is 0.840. The Morgan fingerprint density at radius 1 is 1.08 bits per heavy atom. The molecule has 12 heteroatoms. The number of anilines is 2. The Bertz CT molecular complexity index is 1190. The van der Waals surface area contributed by atoms with Crippen LogP contribution in [0.15, 0.2) is 42.9 Å². The highest BCUT2D eigenvalue weighted by Gasteiger charge is 2.35. The molecule has 7 nitrogen and oxygen atoms in total. The van der Waals surface area contributed by atoms with Crippen molar-refractivity contribution in [2.24, 2.45) is 0 Å². The van der Waals surface area contributed by atoms with Crippen LogP contribution in [0.2, 0.25) is 0 Å². The summed E-state index contributed by atoms with van der Waals surface area (Å²) < 4.78 is 67.8. The second kappa shape index (κ2) is 11.8. The quantitative estimate of drug-likeness (QED) is 0.303. The number of hydrogen-bond acceptors (Lipinski definition) is 6. The van der Waals surface area contributed by atoms with Crippen molar-refractivity contribution in [1.29, 1.82) is 0 Å². The Morgan fingerprint density at radius 3 is 2.49 bits per heavy atom. The number of rotatable bonds is 10. The highest BCUT2D eigenvalue weighted by Crippen LogP contribution is 2.32. The molecule has 1 saturated heterocycles. The summed E-state index contributed by atoms with van der Waals surface area (Å²) in [7, 11) is 0. The Hall–Kier alpha value is -3.41. The topological polar surface area (TPSA) is 75.9 Å². The number of aromatic nitrogens is 4. The van der Waals surface area contributed by atoms with Crippen molar-refractivity contribution in [3.05, 3.63) is 65.2 Å². The zero-order valence-electron chi connectivity index (χ0n) is 20.0. The molecular formula is C25H27F5N6O. The number of carbonyl (C=O) groups excluding carboxylic acids is 1. The molecule has 3 aromatic rings. The molecule has 0 aliphatic carbocycles. The van der Waals surface area contributed by atoms with Gasteiger partial charge in [0.2, 0.25) is 5.95 Å². The standard InChI is InChI=1S/C25H27F5N6O/c26-23(27)16-35-10-7-20(8-11-35)36-15-19(13-32-36)33-24-31-14-21(25(28,29)30)22(34-24)6-5-17-3-1-2-4-18(17)9-12-37/h1-4,12-15,20,23H,5-11,16H2,(H,31,33,34). The molecular weight excluding hydrogens is 495 g/mol. The van der Waals surface area contributed by atoms with Crippen LogP contribution in [0.5, 0.6) is 0 Å². The van der Waals surface area contributed by atoms with Crippen molar-refractivity contribution in [2.45, 2.75) is 50.7 Å². The van der Waals surface area contributed by atoms with Gasteiger partial charge in [-0.15, -0.1) is 0 Å². The smallest absolute Gasteiger partial charge is 0.321 e. The fourth-order valence-corrected chi connectivity index (χ4v) is 4.54. The zero-order chi connectivity index (χ0) is 26.4. The number of piperidine rings is 1. The number of halogens is 5. The van der Waals surface area contributed by atoms with E-state index in [0.717, 1.165) is 23.6 Å². The summed E-state index contributed by atoms with van der Waals surface area (Å²) in [6, 6.07) is 7.17. The van der Waals surface area contributed by atoms with Crippen molar-refractivity contribution in [2.75, 3.05) is 25.0 Å². The lowest BCUT2D eigenvalue weighted by molar-refractivity contribution is -0.138. The van der Waals surface area contributed by atoms with Crippen LogP contribution in [0.25, 0.3) is 0 Å². The first-order valence-corrected chi connectivity index (χ1v) is 12.0. The van der Waals surface area contributed by atoms with Gasteiger partial charge in [-0.05, 0) is 36.8 Å². The second-order valence-corrected chi connectivity index (χ2v) is 8.95. The molecule has 1 aliphatic heterocycles. The van der Waals surface area contributed by atoms with Gasteiger partial charge in [-0.25, -0.2) is 18.7 Å². The van der Waals surface area contributed by atoms with Gasteiger partial charge in [0.15, 0.2) is 0 Å². The maximum absolute atomic E-state index is 13.6. The molecule has 198 valence electrons. The molecule has 4 rings (SSSR count). The van der Waals surface area contributed by atoms with Gasteiger partial charge in [0, 0.05) is 31.9 Å². The molecule has 2 aromatic heterocycles. The number of carbonyl (C=O) groups is 1. The number of nitrogens with one attached hydrogen (secondary N) is 1. The highest BCUT2D eigenvalue weighted by molar-refractivity contribution is 5.56. The van der Waals surface area contributed by atoms with Crippen LogP contribution in [0.4, 0.5) is 33.6 Å². The highest BCUT2D eigenvalue weighted by atomic mass is 19.4. The number of aryl methyl sites for hydroxylation is 2. The van der Waals surface area contributed by atoms with Gasteiger partial charge in [-0.2, -0.15) is 18.3 Å². The number of aldehydes is 1. The number of nitrogens with zero attached hydrogens (tertiary/aromatic N) is 5. The molecule has 1 N–H and O–H groups in total. The lowest BCUT2D eigenvalue weighted by atomic mass is 9.99. The minimum absolute atomic E-state index is 0.00970. The Labute approximate surface area is 210 Å². The minimum atomic E-state index is -4.61. The third-order valence-corrected chi connectivity index (χ3v) is 6.41. The molecule has 0 atom stereocenters. The Kier molecular flexibility index (Phi) is 8.47. The van der Waals surface area contributed by atoms with Crippen molar-refractivity contribution in [3.8, 4) is 0 Å². The van der Waals surface area contributed by atoms with E-state index in [2.05, 4.69) is 20.4 Å². The van der Waals surface area contributed by atoms with Crippen LogP contribution in [0.3, 0.4) is 0 Å². The molecule has 0 radical (unpaired) electrons. The monoisotopic (exact) mass is 522 g/mol. The molecule has 0 spiro atoms. The molecule has 0 bridgehead atoms. The lowest BCUT2D eigenvalue weighted by Crippen LogP contribution is -2.37. The summed E-state index contributed by atoms with van der Waals surface area (Å²) in [6.07, 6.45) is -0.382. The first kappa shape index (κ1) is 26.6. The molecule has 1 aromatic carbocycles. The zero-order valence-corrected chi connectivity index (χ0v) is 20.0. The molecule has 0 unspecified atom stereocenters. The van der Waals surface area contributed by atoms with Gasteiger partial charge in [-0.3, -0.25) is 9.58 Å². The molecule has 1 aliphatic rings. The predicted molar refractivity (Wildman–Crippen MR) is 127 cm³/mol. The average molecular weight is 523 g/mol. The van der Waals surface area contributed by atoms with Crippen LogP contribution in [-0.4, -0.2) is 57.0 Å². The van der Waals surface area contributed by atoms with Crippen molar-refractivity contribution in [1.82, 2.24) is 24.6 Å². The number of hydrogen-bond donors (Lipinski definition) is 1. The van der Waals surface area contributed by atoms with E-state index in [-0.39, 0.29) is 43.5 Å². The van der Waals surface area contributed by atoms with Crippen LogP contribution < -0.4 is 5.32 Å². The maximum atomic E-state index is 13.6. The fourth-order valence-electron chi connectivity index (χ4n) is 4.54. The van der Waals surface area contributed by atoms with Gasteiger partial charge >= 0.3 is 6.18 Å². The van der Waals surface area contributed by atoms with Crippen LogP contribution >= 0.6 is 0 Å². The molecule has 37 heavy (non-hydrogen) atoms. The first-order chi connectivity index (χ1) is 17.7. The summed E-state index contributed by atoms with van der Waals surface area (Å²) in [5, 5.41) is 7.25. The van der Waals surface area contributed by atoms with Crippen molar-refractivity contribution < 1.29 is 26.7 Å².